The summed E-state index contributed by atoms with van der Waals surface area (Å²) in [5.74, 6) is 22.4. The number of carbonyl (C=O) groups excluding carboxylic acids is 3. The molecule has 2 atom stereocenters. The minimum absolute atomic E-state index is 0.0440. The number of halogens is 1. The molecule has 5 N–H and O–H groups in total. The van der Waals surface area contributed by atoms with Crippen molar-refractivity contribution in [3.8, 4) is 80.8 Å². The van der Waals surface area contributed by atoms with Crippen LogP contribution in [0.2, 0.25) is 5.02 Å². The van der Waals surface area contributed by atoms with Gasteiger partial charge in [-0.1, -0.05) is 98.2 Å². The highest BCUT2D eigenvalue weighted by molar-refractivity contribution is 6.34. The zero-order valence-electron chi connectivity index (χ0n) is 67.1. The standard InChI is InChI=1S/C92H96ClN19O5/c1-7-79-72(86(102-57-99-79)65-19-26-71(78(93)50-65)90(113)110-33-31-69(32-34-110)108-39-35-106(4)36-40-108)24-14-61-17-30-85(97-54-61)105-68-12-10-11-63(47-68)56-107-37-41-111(42-38-107)91(114)75-27-20-67(52-82(75)116-5)88-74(81(9-3)101-59-104-88)25-15-62-48-77(89(95)98-55-62)64-18-22-70(49-64)109-43-45-112(46-44-109)92(115)76-28-21-66(51-83(76)117-6)87-73(80(8-2)100-58-103-87)23-13-60-16-29-84(94)96-53-60/h10-12,16-17,19-21,26-30,47-48,50-55,57-59,64,69-70H,7-9,18,22,31-46,49,56H2,1-6H3,(H2,94,96)(H2,95,98)(H,97,105). The molecule has 4 aromatic carbocycles. The van der Waals surface area contributed by atoms with Crippen molar-refractivity contribution in [2.24, 2.45) is 0 Å². The van der Waals surface area contributed by atoms with E-state index in [1.54, 1.807) is 57.9 Å². The summed E-state index contributed by atoms with van der Waals surface area (Å²) in [7, 11) is 5.34. The first-order valence-corrected chi connectivity index (χ1v) is 40.8. The molecule has 4 saturated heterocycles. The maximum Gasteiger partial charge on any atom is 0.257 e. The summed E-state index contributed by atoms with van der Waals surface area (Å²) >= 11 is 6.93. The number of anilines is 4. The zero-order valence-corrected chi connectivity index (χ0v) is 67.8. The summed E-state index contributed by atoms with van der Waals surface area (Å²) in [5.41, 5.74) is 27.8. The fourth-order valence-electron chi connectivity index (χ4n) is 16.6. The first-order chi connectivity index (χ1) is 57.1. The Morgan fingerprint density at radius 1 is 0.479 bits per heavy atom. The average molecular weight is 1580 g/mol. The van der Waals surface area contributed by atoms with Gasteiger partial charge in [-0.2, -0.15) is 0 Å². The van der Waals surface area contributed by atoms with Crippen LogP contribution < -0.4 is 26.3 Å². The van der Waals surface area contributed by atoms with Gasteiger partial charge in [0.1, 0.15) is 47.9 Å². The second kappa shape index (κ2) is 36.7. The molecule has 3 amide bonds. The van der Waals surface area contributed by atoms with Crippen LogP contribution in [0.15, 0.2) is 147 Å². The molecule has 1 saturated carbocycles. The number of hydrogen-bond acceptors (Lipinski definition) is 21. The van der Waals surface area contributed by atoms with E-state index in [9.17, 15) is 14.4 Å². The minimum Gasteiger partial charge on any atom is -0.496 e. The molecule has 25 heteroatoms. The number of amides is 3. The van der Waals surface area contributed by atoms with E-state index < -0.39 is 0 Å². The second-order valence-corrected chi connectivity index (χ2v) is 30.7. The van der Waals surface area contributed by atoms with Crippen LogP contribution in [0.3, 0.4) is 0 Å². The van der Waals surface area contributed by atoms with E-state index in [1.807, 2.05) is 120 Å². The molecular weight excluding hydrogens is 1490 g/mol. The Kier molecular flexibility index (Phi) is 25.1. The van der Waals surface area contributed by atoms with Crippen LogP contribution in [0, 0.1) is 35.5 Å². The van der Waals surface area contributed by atoms with Gasteiger partial charge in [-0.05, 0) is 154 Å². The first kappa shape index (κ1) is 80.0. The summed E-state index contributed by atoms with van der Waals surface area (Å²) in [4.78, 5) is 99.5. The average Bonchev–Trinajstić information content (AvgIpc) is 1.50. The Balaban J connectivity index is 0.533. The number of carbonyl (C=O) groups is 3. The third-order valence-corrected chi connectivity index (χ3v) is 23.5. The normalized spacial score (nSPS) is 16.9. The highest BCUT2D eigenvalue weighted by Gasteiger charge is 2.36. The number of hydrogen-bond donors (Lipinski definition) is 3. The largest absolute Gasteiger partial charge is 0.496 e. The maximum atomic E-state index is 14.4. The fraction of sp³-hybridized carbons (Fsp3) is 0.348. The summed E-state index contributed by atoms with van der Waals surface area (Å²) < 4.78 is 11.8. The van der Waals surface area contributed by atoms with E-state index in [0.717, 1.165) is 133 Å². The molecule has 5 fully saturated rings. The van der Waals surface area contributed by atoms with Crippen LogP contribution in [0.4, 0.5) is 23.1 Å². The van der Waals surface area contributed by atoms with Gasteiger partial charge in [-0.15, -0.1) is 0 Å². The van der Waals surface area contributed by atoms with E-state index in [-0.39, 0.29) is 23.6 Å². The number of nitrogens with two attached hydrogens (primary N) is 2. The number of rotatable bonds is 18. The van der Waals surface area contributed by atoms with Crippen molar-refractivity contribution in [2.45, 2.75) is 96.7 Å². The molecule has 6 aromatic heterocycles. The lowest BCUT2D eigenvalue weighted by Gasteiger charge is -2.42. The van der Waals surface area contributed by atoms with Gasteiger partial charge in [-0.3, -0.25) is 29.1 Å². The van der Waals surface area contributed by atoms with E-state index in [4.69, 9.17) is 42.5 Å². The molecule has 0 bridgehead atoms. The highest BCUT2D eigenvalue weighted by Crippen LogP contribution is 2.41. The summed E-state index contributed by atoms with van der Waals surface area (Å²) in [5, 5.41) is 3.86. The predicted molar refractivity (Wildman–Crippen MR) is 455 cm³/mol. The Hall–Kier alpha value is -12.2. The number of pyridine rings is 3. The number of aryl methyl sites for hydroxylation is 3. The molecule has 0 spiro atoms. The van der Waals surface area contributed by atoms with Gasteiger partial charge in [0.15, 0.2) is 0 Å². The van der Waals surface area contributed by atoms with Crippen molar-refractivity contribution < 1.29 is 23.9 Å². The Morgan fingerprint density at radius 3 is 1.50 bits per heavy atom. The van der Waals surface area contributed by atoms with E-state index in [2.05, 4.69) is 121 Å². The summed E-state index contributed by atoms with van der Waals surface area (Å²) in [6.45, 7) is 17.7. The van der Waals surface area contributed by atoms with E-state index in [1.165, 1.54) is 0 Å². The number of ether oxygens (including phenoxy) is 2. The molecule has 4 aliphatic heterocycles. The van der Waals surface area contributed by atoms with Crippen molar-refractivity contribution in [1.29, 1.82) is 0 Å². The van der Waals surface area contributed by atoms with Crippen molar-refractivity contribution in [2.75, 3.05) is 130 Å². The molecule has 0 radical (unpaired) electrons. The van der Waals surface area contributed by atoms with Gasteiger partial charge in [0.05, 0.1) is 86.8 Å². The topological polar surface area (TPSA) is 272 Å². The monoisotopic (exact) mass is 1580 g/mol. The van der Waals surface area contributed by atoms with E-state index in [0.29, 0.717) is 180 Å². The van der Waals surface area contributed by atoms with Crippen LogP contribution in [0.25, 0.3) is 33.8 Å². The Labute approximate surface area is 688 Å². The number of nitrogens with zero attached hydrogens (tertiary/aromatic N) is 16. The molecule has 2 unspecified atom stereocenters. The SMILES string of the molecule is CCc1ncnc(-c2ccc(C(=O)N3CCC(N4CCN(C)CC4)CC3)c(Cl)c2)c1C#Cc1ccc(Nc2cccc(CN3CCN(C(=O)c4ccc(-c5ncnc(CC)c5C#Cc5cnc(N)c(C6CCC(N7CCN(C(=O)c8ccc(-c9ncnc(CC)c9C#Cc9ccc(N)nc9)cc8OC)CC7)C6)c5)cc4OC)CC3)c2)nc1. The second-order valence-electron chi connectivity index (χ2n) is 30.3. The molecule has 596 valence electrons. The zero-order chi connectivity index (χ0) is 81.1. The van der Waals surface area contributed by atoms with Crippen LogP contribution in [0.5, 0.6) is 11.5 Å². The molecule has 24 nitrogen and oxygen atoms in total. The van der Waals surface area contributed by atoms with E-state index >= 15 is 0 Å². The lowest BCUT2D eigenvalue weighted by atomic mass is 9.96. The third-order valence-electron chi connectivity index (χ3n) is 23.2. The number of piperazine rings is 3. The number of methoxy groups -OCH3 is 2. The minimum atomic E-state index is -0.104. The maximum absolute atomic E-state index is 14.4. The predicted octanol–water partition coefficient (Wildman–Crippen LogP) is 11.6. The van der Waals surface area contributed by atoms with Gasteiger partial charge >= 0.3 is 0 Å². The Morgan fingerprint density at radius 2 is 0.974 bits per heavy atom. The number of benzene rings is 4. The number of likely N-dealkylation sites (N-methyl/N-ethyl adjacent to an activating group) is 1. The number of likely N-dealkylation sites (tertiary alicyclic amines) is 1. The van der Waals surface area contributed by atoms with Crippen molar-refractivity contribution >= 4 is 52.5 Å². The molecule has 117 heavy (non-hydrogen) atoms. The van der Waals surface area contributed by atoms with Crippen LogP contribution in [0.1, 0.15) is 151 Å². The lowest BCUT2D eigenvalue weighted by molar-refractivity contribution is 0.0518. The van der Waals surface area contributed by atoms with Gasteiger partial charge in [0.25, 0.3) is 17.7 Å². The Bertz CT molecular complexity index is 5530. The third kappa shape index (κ3) is 18.4. The molecule has 10 heterocycles. The molecule has 5 aliphatic rings. The van der Waals surface area contributed by atoms with Gasteiger partial charge in [0.2, 0.25) is 0 Å². The smallest absolute Gasteiger partial charge is 0.257 e. The van der Waals surface area contributed by atoms with Gasteiger partial charge in [0, 0.05) is 168 Å². The number of nitrogen functional groups attached to an aromatic ring is 2. The molecule has 10 aromatic rings. The number of nitrogens with one attached hydrogen (secondary N) is 1. The van der Waals surface area contributed by atoms with Crippen LogP contribution in [-0.4, -0.2) is 222 Å². The van der Waals surface area contributed by atoms with Crippen molar-refractivity contribution in [3.63, 3.8) is 0 Å². The number of piperidine rings is 1. The molecule has 15 rings (SSSR count). The quantitative estimate of drug-likeness (QED) is 0.0673. The van der Waals surface area contributed by atoms with Crippen molar-refractivity contribution in [1.82, 2.24) is 79.2 Å². The van der Waals surface area contributed by atoms with Crippen LogP contribution >= 0.6 is 11.6 Å². The van der Waals surface area contributed by atoms with Gasteiger partial charge in [-0.25, -0.2) is 44.9 Å². The first-order valence-electron chi connectivity index (χ1n) is 40.4. The lowest BCUT2D eigenvalue weighted by Crippen LogP contribution is -2.53. The fourth-order valence-corrected chi connectivity index (χ4v) is 16.8. The highest BCUT2D eigenvalue weighted by atomic mass is 35.5. The van der Waals surface area contributed by atoms with Crippen molar-refractivity contribution in [3.05, 3.63) is 230 Å². The summed E-state index contributed by atoms with van der Waals surface area (Å²) in [6, 6.07) is 35.3. The summed E-state index contributed by atoms with van der Waals surface area (Å²) in [6.07, 6.45) is 16.4. The number of aromatic nitrogens is 9. The molecular formula is C92H96ClN19O5. The van der Waals surface area contributed by atoms with Crippen LogP contribution in [-0.2, 0) is 25.8 Å². The molecule has 1 aliphatic carbocycles. The van der Waals surface area contributed by atoms with Gasteiger partial charge < -0.3 is 45.9 Å².